The summed E-state index contributed by atoms with van der Waals surface area (Å²) in [6.45, 7) is 4.00. The van der Waals surface area contributed by atoms with E-state index in [9.17, 15) is 0 Å². The number of allylic oxidation sites excluding steroid dienone is 4. The molecule has 0 heterocycles. The van der Waals surface area contributed by atoms with E-state index in [0.717, 1.165) is 0 Å². The molecule has 1 aromatic carbocycles. The molecule has 1 atom stereocenters. The van der Waals surface area contributed by atoms with Crippen LogP contribution in [0.4, 0.5) is 0 Å². The summed E-state index contributed by atoms with van der Waals surface area (Å²) >= 11 is 0. The Hall–Kier alpha value is -1.56. The van der Waals surface area contributed by atoms with Gasteiger partial charge >= 0.3 is 0 Å². The van der Waals surface area contributed by atoms with E-state index in [-0.39, 0.29) is 14.9 Å². The van der Waals surface area contributed by atoms with Crippen LogP contribution < -0.4 is 10.4 Å². The Labute approximate surface area is 118 Å². The third kappa shape index (κ3) is 3.96. The van der Waals surface area contributed by atoms with E-state index in [4.69, 9.17) is 0 Å². The van der Waals surface area contributed by atoms with E-state index < -0.39 is 0 Å². The predicted octanol–water partition coefficient (Wildman–Crippen LogP) is 4.45. The van der Waals surface area contributed by atoms with Crippen LogP contribution in [0.15, 0.2) is 48.1 Å². The first kappa shape index (κ1) is 17.4. The lowest BCUT2D eigenvalue weighted by atomic mass is 9.89. The topological polar surface area (TPSA) is 0 Å². The monoisotopic (exact) mass is 256 g/mol. The number of fused-ring (bicyclic) bond motifs is 2. The van der Waals surface area contributed by atoms with Crippen LogP contribution in [0.5, 0.6) is 0 Å². The molecule has 0 saturated heterocycles. The van der Waals surface area contributed by atoms with Gasteiger partial charge in [-0.25, -0.2) is 0 Å². The average Bonchev–Trinajstić information content (AvgIpc) is 2.63. The van der Waals surface area contributed by atoms with Crippen molar-refractivity contribution in [2.24, 2.45) is 5.92 Å². The van der Waals surface area contributed by atoms with Crippen molar-refractivity contribution in [2.45, 2.75) is 41.5 Å². The van der Waals surface area contributed by atoms with Crippen LogP contribution in [-0.4, -0.2) is 0 Å². The maximum absolute atomic E-state index is 2.41. The van der Waals surface area contributed by atoms with E-state index in [0.29, 0.717) is 5.92 Å². The van der Waals surface area contributed by atoms with Crippen molar-refractivity contribution in [1.82, 2.24) is 0 Å². The van der Waals surface area contributed by atoms with Gasteiger partial charge in [0.15, 0.2) is 0 Å². The van der Waals surface area contributed by atoms with Crippen molar-refractivity contribution < 1.29 is 0 Å². The molecule has 0 aromatic heterocycles. The third-order valence-corrected chi connectivity index (χ3v) is 3.20. The van der Waals surface area contributed by atoms with Gasteiger partial charge in [0.25, 0.3) is 0 Å². The molecule has 2 aliphatic carbocycles. The van der Waals surface area contributed by atoms with E-state index in [2.05, 4.69) is 54.6 Å². The highest BCUT2D eigenvalue weighted by atomic mass is 14.2. The Morgan fingerprint density at radius 1 is 1.00 bits per heavy atom. The molecule has 1 unspecified atom stereocenters. The van der Waals surface area contributed by atoms with Crippen molar-refractivity contribution in [2.75, 3.05) is 0 Å². The molecule has 2 aliphatic rings. The minimum Gasteiger partial charge on any atom is -0.0845 e. The summed E-state index contributed by atoms with van der Waals surface area (Å²) in [5.41, 5.74) is 1.46. The number of benzene rings is 1. The van der Waals surface area contributed by atoms with Gasteiger partial charge in [-0.1, -0.05) is 83.3 Å². The fraction of sp³-hybridized carbons (Fsp3) is 0.368. The maximum Gasteiger partial charge on any atom is 0.00303 e. The van der Waals surface area contributed by atoms with Crippen LogP contribution in [0.1, 0.15) is 41.5 Å². The molecule has 0 radical (unpaired) electrons. The molecule has 0 spiro atoms. The SMILES string of the molecule is C.C.C1=CCCC2C=c3ccccc3=CC2=C1.CC. The van der Waals surface area contributed by atoms with Crippen LogP contribution in [-0.2, 0) is 0 Å². The molecule has 0 amide bonds. The fourth-order valence-corrected chi connectivity index (χ4v) is 2.37. The fourth-order valence-electron chi connectivity index (χ4n) is 2.37. The van der Waals surface area contributed by atoms with Gasteiger partial charge in [0.05, 0.1) is 0 Å². The van der Waals surface area contributed by atoms with Crippen molar-refractivity contribution in [3.63, 3.8) is 0 Å². The lowest BCUT2D eigenvalue weighted by Gasteiger charge is -2.15. The molecule has 1 aromatic rings. The van der Waals surface area contributed by atoms with E-state index >= 15 is 0 Å². The molecule has 0 saturated carbocycles. The molecule has 0 aliphatic heterocycles. The zero-order valence-corrected chi connectivity index (χ0v) is 10.7. The summed E-state index contributed by atoms with van der Waals surface area (Å²) in [6.07, 6.45) is 13.9. The average molecular weight is 256 g/mol. The van der Waals surface area contributed by atoms with Gasteiger partial charge in [0.2, 0.25) is 0 Å². The molecule has 0 bridgehead atoms. The highest BCUT2D eigenvalue weighted by Gasteiger charge is 2.12. The van der Waals surface area contributed by atoms with Crippen molar-refractivity contribution in [3.8, 4) is 0 Å². The number of hydrogen-bond acceptors (Lipinski definition) is 0. The largest absolute Gasteiger partial charge is 0.0845 e. The van der Waals surface area contributed by atoms with Gasteiger partial charge in [-0.2, -0.15) is 0 Å². The molecule has 0 N–H and O–H groups in total. The number of rotatable bonds is 0. The Morgan fingerprint density at radius 2 is 1.68 bits per heavy atom. The molecule has 104 valence electrons. The number of hydrogen-bond donors (Lipinski definition) is 0. The first-order valence-electron chi connectivity index (χ1n) is 6.59. The maximum atomic E-state index is 2.41. The van der Waals surface area contributed by atoms with Crippen LogP contribution in [0, 0.1) is 5.92 Å². The van der Waals surface area contributed by atoms with Crippen molar-refractivity contribution >= 4 is 12.2 Å². The second-order valence-corrected chi connectivity index (χ2v) is 4.22. The van der Waals surface area contributed by atoms with Crippen LogP contribution >= 0.6 is 0 Å². The third-order valence-electron chi connectivity index (χ3n) is 3.20. The molecule has 3 rings (SSSR count). The lowest BCUT2D eigenvalue weighted by Crippen LogP contribution is -2.29. The van der Waals surface area contributed by atoms with E-state index in [1.54, 1.807) is 0 Å². The van der Waals surface area contributed by atoms with Gasteiger partial charge in [0.1, 0.15) is 0 Å². The molecule has 0 fully saturated rings. The van der Waals surface area contributed by atoms with Gasteiger partial charge in [-0.15, -0.1) is 0 Å². The molecule has 19 heavy (non-hydrogen) atoms. The van der Waals surface area contributed by atoms with Gasteiger partial charge in [-0.3, -0.25) is 0 Å². The van der Waals surface area contributed by atoms with Gasteiger partial charge < -0.3 is 0 Å². The summed E-state index contributed by atoms with van der Waals surface area (Å²) in [6, 6.07) is 8.63. The molecular weight excluding hydrogens is 228 g/mol. The molecule has 0 heteroatoms. The minimum absolute atomic E-state index is 0. The Bertz CT molecular complexity index is 544. The summed E-state index contributed by atoms with van der Waals surface area (Å²) in [5.74, 6) is 0.620. The highest BCUT2D eigenvalue weighted by molar-refractivity contribution is 5.59. The Morgan fingerprint density at radius 3 is 2.42 bits per heavy atom. The summed E-state index contributed by atoms with van der Waals surface area (Å²) < 4.78 is 0. The Kier molecular flexibility index (Phi) is 7.83. The Balaban J connectivity index is 0.000000776. The minimum atomic E-state index is 0. The molecule has 0 nitrogen and oxygen atoms in total. The normalized spacial score (nSPS) is 18.2. The second-order valence-electron chi connectivity index (χ2n) is 4.22. The standard InChI is InChI=1S/C15H14.C2H6.2CH4/c1-2-6-12-10-14-8-4-5-9-15(14)11-13(12)7-3-1;1-2;;/h1-2,4-6,8-11,13H,3,7H2;1-2H3;2*1H4. The first-order valence-corrected chi connectivity index (χ1v) is 6.59. The van der Waals surface area contributed by atoms with Crippen molar-refractivity contribution in [3.05, 3.63) is 58.5 Å². The highest BCUT2D eigenvalue weighted by Crippen LogP contribution is 2.24. The van der Waals surface area contributed by atoms with Crippen LogP contribution in [0.2, 0.25) is 0 Å². The summed E-state index contributed by atoms with van der Waals surface area (Å²) in [4.78, 5) is 0. The molecular formula is C19H28. The smallest absolute Gasteiger partial charge is 0.00303 e. The van der Waals surface area contributed by atoms with Crippen LogP contribution in [0.3, 0.4) is 0 Å². The summed E-state index contributed by atoms with van der Waals surface area (Å²) in [5, 5.41) is 2.75. The van der Waals surface area contributed by atoms with Gasteiger partial charge in [-0.05, 0) is 28.9 Å². The zero-order valence-electron chi connectivity index (χ0n) is 10.7. The lowest BCUT2D eigenvalue weighted by molar-refractivity contribution is 0.737. The quantitative estimate of drug-likeness (QED) is 0.643. The zero-order chi connectivity index (χ0) is 12.1. The van der Waals surface area contributed by atoms with Crippen molar-refractivity contribution in [1.29, 1.82) is 0 Å². The van der Waals surface area contributed by atoms with E-state index in [1.165, 1.54) is 28.9 Å². The van der Waals surface area contributed by atoms with Gasteiger partial charge in [0, 0.05) is 5.92 Å². The van der Waals surface area contributed by atoms with Crippen LogP contribution in [0.25, 0.3) is 12.2 Å². The first-order chi connectivity index (χ1) is 8.43. The summed E-state index contributed by atoms with van der Waals surface area (Å²) in [7, 11) is 0. The van der Waals surface area contributed by atoms with E-state index in [1.807, 2.05) is 13.8 Å². The predicted molar refractivity (Wildman–Crippen MR) is 89.4 cm³/mol. The second kappa shape index (κ2) is 8.53.